The second-order valence-electron chi connectivity index (χ2n) is 3.01. The molecule has 1 saturated carbocycles. The maximum Gasteiger partial charge on any atom is 0.392 e. The summed E-state index contributed by atoms with van der Waals surface area (Å²) in [6, 6.07) is 0. The van der Waals surface area contributed by atoms with Crippen LogP contribution >= 0.6 is 0 Å². The Bertz CT molecular complexity index is 128. The standard InChI is InChI=1S/C8H11F3/c1-2-6-3-4-7(5-6)8(9,10)11/h4,6-7H,1-3,5H2. The average molecular weight is 164 g/mol. The zero-order valence-electron chi connectivity index (χ0n) is 6.19. The molecule has 1 aliphatic carbocycles. The topological polar surface area (TPSA) is 0 Å². The van der Waals surface area contributed by atoms with E-state index in [0.717, 1.165) is 0 Å². The lowest BCUT2D eigenvalue weighted by molar-refractivity contribution is -0.164. The van der Waals surface area contributed by atoms with Crippen molar-refractivity contribution in [3.05, 3.63) is 13.3 Å². The van der Waals surface area contributed by atoms with Crippen molar-refractivity contribution in [1.29, 1.82) is 0 Å². The molecule has 2 radical (unpaired) electrons. The van der Waals surface area contributed by atoms with Gasteiger partial charge in [0.2, 0.25) is 0 Å². The summed E-state index contributed by atoms with van der Waals surface area (Å²) in [5, 5.41) is 0. The van der Waals surface area contributed by atoms with Crippen molar-refractivity contribution >= 4 is 0 Å². The predicted octanol–water partition coefficient (Wildman–Crippen LogP) is 3.00. The van der Waals surface area contributed by atoms with Crippen LogP contribution in [0, 0.1) is 25.2 Å². The lowest BCUT2D eigenvalue weighted by Crippen LogP contribution is -2.20. The summed E-state index contributed by atoms with van der Waals surface area (Å²) < 4.78 is 36.1. The van der Waals surface area contributed by atoms with Gasteiger partial charge in [-0.05, 0) is 25.2 Å². The Labute approximate surface area is 64.8 Å². The van der Waals surface area contributed by atoms with E-state index in [4.69, 9.17) is 0 Å². The first-order chi connectivity index (χ1) is 5.04. The first-order valence-electron chi connectivity index (χ1n) is 3.73. The Kier molecular flexibility index (Phi) is 2.45. The summed E-state index contributed by atoms with van der Waals surface area (Å²) in [4.78, 5) is 0. The van der Waals surface area contributed by atoms with Crippen LogP contribution in [0.5, 0.6) is 0 Å². The predicted molar refractivity (Wildman–Crippen MR) is 36.5 cm³/mol. The second kappa shape index (κ2) is 3.03. The van der Waals surface area contributed by atoms with Crippen molar-refractivity contribution < 1.29 is 13.2 Å². The van der Waals surface area contributed by atoms with Gasteiger partial charge in [-0.3, -0.25) is 0 Å². The van der Waals surface area contributed by atoms with Gasteiger partial charge in [-0.15, -0.1) is 0 Å². The Morgan fingerprint density at radius 3 is 2.36 bits per heavy atom. The van der Waals surface area contributed by atoms with E-state index in [9.17, 15) is 13.2 Å². The molecule has 0 aliphatic heterocycles. The van der Waals surface area contributed by atoms with E-state index in [-0.39, 0.29) is 12.3 Å². The van der Waals surface area contributed by atoms with Crippen LogP contribution < -0.4 is 0 Å². The lowest BCUT2D eigenvalue weighted by Gasteiger charge is -2.13. The maximum atomic E-state index is 12.0. The van der Waals surface area contributed by atoms with Gasteiger partial charge >= 0.3 is 6.18 Å². The number of halogens is 3. The fourth-order valence-corrected chi connectivity index (χ4v) is 1.41. The summed E-state index contributed by atoms with van der Waals surface area (Å²) in [5.74, 6) is -1.02. The van der Waals surface area contributed by atoms with Crippen LogP contribution in [0.1, 0.15) is 19.3 Å². The third kappa shape index (κ3) is 2.11. The molecule has 0 N–H and O–H groups in total. The molecule has 1 aliphatic rings. The second-order valence-corrected chi connectivity index (χ2v) is 3.01. The van der Waals surface area contributed by atoms with Crippen LogP contribution in [0.2, 0.25) is 0 Å². The lowest BCUT2D eigenvalue weighted by atomic mass is 10.0. The van der Waals surface area contributed by atoms with Crippen LogP contribution in [0.4, 0.5) is 13.2 Å². The molecule has 0 spiro atoms. The minimum atomic E-state index is -4.02. The molecule has 0 aromatic heterocycles. The fourth-order valence-electron chi connectivity index (χ4n) is 1.41. The van der Waals surface area contributed by atoms with Crippen LogP contribution in [0.15, 0.2) is 0 Å². The number of alkyl halides is 3. The fraction of sp³-hybridized carbons (Fsp3) is 0.750. The van der Waals surface area contributed by atoms with Crippen molar-refractivity contribution in [2.75, 3.05) is 0 Å². The molecule has 0 heterocycles. The molecule has 0 bridgehead atoms. The van der Waals surface area contributed by atoms with Gasteiger partial charge in [0.1, 0.15) is 0 Å². The Hall–Kier alpha value is -0.210. The molecule has 2 atom stereocenters. The van der Waals surface area contributed by atoms with Crippen molar-refractivity contribution in [2.24, 2.45) is 11.8 Å². The normalized spacial score (nSPS) is 32.7. The first-order valence-corrected chi connectivity index (χ1v) is 3.73. The monoisotopic (exact) mass is 164 g/mol. The van der Waals surface area contributed by atoms with E-state index in [1.165, 1.54) is 6.42 Å². The van der Waals surface area contributed by atoms with Crippen molar-refractivity contribution in [3.63, 3.8) is 0 Å². The number of rotatable bonds is 1. The van der Waals surface area contributed by atoms with Crippen LogP contribution in [0.3, 0.4) is 0 Å². The summed E-state index contributed by atoms with van der Waals surface area (Å²) in [6.45, 7) is 3.60. The van der Waals surface area contributed by atoms with Crippen molar-refractivity contribution in [3.8, 4) is 0 Å². The Morgan fingerprint density at radius 2 is 2.09 bits per heavy atom. The molecule has 0 saturated heterocycles. The molecule has 64 valence electrons. The molecule has 0 aromatic rings. The summed E-state index contributed by atoms with van der Waals surface area (Å²) in [7, 11) is 0. The number of hydrogen-bond donors (Lipinski definition) is 0. The number of hydrogen-bond acceptors (Lipinski definition) is 0. The summed E-state index contributed by atoms with van der Waals surface area (Å²) in [5.41, 5.74) is 0. The van der Waals surface area contributed by atoms with E-state index < -0.39 is 12.1 Å². The smallest absolute Gasteiger partial charge is 0.171 e. The zero-order valence-corrected chi connectivity index (χ0v) is 6.19. The van der Waals surface area contributed by atoms with E-state index in [1.54, 1.807) is 0 Å². The SMILES string of the molecule is [CH2]CC1C[CH]C(C(F)(F)F)C1. The Balaban J connectivity index is 2.42. The minimum absolute atomic E-state index is 0.154. The van der Waals surface area contributed by atoms with Gasteiger partial charge in [-0.25, -0.2) is 0 Å². The average Bonchev–Trinajstić information content (AvgIpc) is 2.32. The van der Waals surface area contributed by atoms with Crippen LogP contribution in [-0.4, -0.2) is 6.18 Å². The van der Waals surface area contributed by atoms with Crippen molar-refractivity contribution in [2.45, 2.75) is 25.4 Å². The highest BCUT2D eigenvalue weighted by Crippen LogP contribution is 2.41. The third-order valence-corrected chi connectivity index (χ3v) is 2.17. The van der Waals surface area contributed by atoms with E-state index in [0.29, 0.717) is 12.8 Å². The van der Waals surface area contributed by atoms with Crippen LogP contribution in [0.25, 0.3) is 0 Å². The molecule has 1 rings (SSSR count). The molecule has 0 amide bonds. The van der Waals surface area contributed by atoms with Gasteiger partial charge in [0.05, 0.1) is 5.92 Å². The Morgan fingerprint density at radius 1 is 1.45 bits per heavy atom. The minimum Gasteiger partial charge on any atom is -0.171 e. The summed E-state index contributed by atoms with van der Waals surface area (Å²) >= 11 is 0. The summed E-state index contributed by atoms with van der Waals surface area (Å²) in [6.07, 6.45) is -1.22. The molecule has 0 aromatic carbocycles. The van der Waals surface area contributed by atoms with Gasteiger partial charge in [0, 0.05) is 0 Å². The van der Waals surface area contributed by atoms with Gasteiger partial charge in [0.15, 0.2) is 0 Å². The van der Waals surface area contributed by atoms with Gasteiger partial charge < -0.3 is 0 Å². The molecule has 1 fully saturated rings. The molecule has 0 nitrogen and oxygen atoms in total. The largest absolute Gasteiger partial charge is 0.392 e. The van der Waals surface area contributed by atoms with E-state index in [2.05, 4.69) is 6.92 Å². The highest BCUT2D eigenvalue weighted by Gasteiger charge is 2.43. The molecule has 3 heteroatoms. The van der Waals surface area contributed by atoms with E-state index >= 15 is 0 Å². The first kappa shape index (κ1) is 8.88. The van der Waals surface area contributed by atoms with Gasteiger partial charge in [0.25, 0.3) is 0 Å². The third-order valence-electron chi connectivity index (χ3n) is 2.17. The van der Waals surface area contributed by atoms with Crippen molar-refractivity contribution in [1.82, 2.24) is 0 Å². The maximum absolute atomic E-state index is 12.0. The zero-order chi connectivity index (χ0) is 8.48. The quantitative estimate of drug-likeness (QED) is 0.558. The molecular formula is C8H11F3. The van der Waals surface area contributed by atoms with E-state index in [1.807, 2.05) is 0 Å². The van der Waals surface area contributed by atoms with Crippen LogP contribution in [-0.2, 0) is 0 Å². The highest BCUT2D eigenvalue weighted by molar-refractivity contribution is 4.92. The molecular weight excluding hydrogens is 153 g/mol. The molecule has 11 heavy (non-hydrogen) atoms. The van der Waals surface area contributed by atoms with Gasteiger partial charge in [-0.1, -0.05) is 13.3 Å². The van der Waals surface area contributed by atoms with Gasteiger partial charge in [-0.2, -0.15) is 13.2 Å². The molecule has 2 unspecified atom stereocenters. The highest BCUT2D eigenvalue weighted by atomic mass is 19.4.